The maximum Gasteiger partial charge on any atom is 0.341 e. The molecule has 0 radical (unpaired) electrons. The number of carbonyl (C=O) groups is 1. The summed E-state index contributed by atoms with van der Waals surface area (Å²) in [4.78, 5) is 20.2. The predicted molar refractivity (Wildman–Crippen MR) is 127 cm³/mol. The number of carboxylic acid groups (broad SMARTS) is 1. The molecular weight excluding hydrogens is 406 g/mol. The van der Waals surface area contributed by atoms with Crippen LogP contribution in [0.25, 0.3) is 22.3 Å². The molecule has 0 aliphatic rings. The van der Waals surface area contributed by atoms with Gasteiger partial charge >= 0.3 is 5.97 Å². The van der Waals surface area contributed by atoms with Crippen LogP contribution in [0.1, 0.15) is 5.56 Å². The van der Waals surface area contributed by atoms with Crippen molar-refractivity contribution in [2.24, 2.45) is 0 Å². The van der Waals surface area contributed by atoms with Crippen LogP contribution in [-0.2, 0) is 4.79 Å². The molecule has 5 N–H and O–H groups in total. The van der Waals surface area contributed by atoms with E-state index in [9.17, 15) is 4.79 Å². The zero-order valence-corrected chi connectivity index (χ0v) is 17.5. The van der Waals surface area contributed by atoms with Crippen LogP contribution in [0.4, 0.5) is 17.2 Å². The molecule has 1 aromatic heterocycles. The second-order valence-electron chi connectivity index (χ2n) is 6.82. The van der Waals surface area contributed by atoms with Crippen LogP contribution in [-0.4, -0.2) is 34.4 Å². The van der Waals surface area contributed by atoms with Crippen molar-refractivity contribution in [2.75, 3.05) is 17.7 Å². The van der Waals surface area contributed by atoms with Gasteiger partial charge in [0.15, 0.2) is 12.4 Å². The quantitative estimate of drug-likeness (QED) is 0.259. The molecule has 8 heteroatoms. The Morgan fingerprint density at radius 2 is 1.88 bits per heavy atom. The fourth-order valence-electron chi connectivity index (χ4n) is 3.06. The Balaban J connectivity index is 0.00000141. The van der Waals surface area contributed by atoms with Crippen molar-refractivity contribution in [3.8, 4) is 17.1 Å². The molecule has 0 bridgehead atoms. The number of fused-ring (bicyclic) bond motifs is 1. The molecule has 0 saturated heterocycles. The summed E-state index contributed by atoms with van der Waals surface area (Å²) in [5.41, 5.74) is 10.0. The number of rotatable bonds is 6. The Kier molecular flexibility index (Phi) is 6.97. The summed E-state index contributed by atoms with van der Waals surface area (Å²) in [6.45, 7) is 4.04. The van der Waals surface area contributed by atoms with Crippen LogP contribution in [0.3, 0.4) is 0 Å². The van der Waals surface area contributed by atoms with E-state index >= 15 is 0 Å². The molecule has 0 fully saturated rings. The number of anilines is 3. The third-order valence-electron chi connectivity index (χ3n) is 4.59. The molecular formula is C24H23N5O3. The lowest BCUT2D eigenvalue weighted by Gasteiger charge is -2.12. The van der Waals surface area contributed by atoms with E-state index in [-0.39, 0.29) is 0 Å². The highest BCUT2D eigenvalue weighted by molar-refractivity contribution is 5.92. The molecule has 0 saturated carbocycles. The smallest absolute Gasteiger partial charge is 0.341 e. The van der Waals surface area contributed by atoms with Crippen molar-refractivity contribution < 1.29 is 14.6 Å². The minimum absolute atomic E-state index is 0.411. The summed E-state index contributed by atoms with van der Waals surface area (Å²) >= 11 is 0. The lowest BCUT2D eigenvalue weighted by Crippen LogP contribution is -2.09. The normalized spacial score (nSPS) is 10.2. The summed E-state index contributed by atoms with van der Waals surface area (Å²) in [6, 6.07) is 20.5. The van der Waals surface area contributed by atoms with Gasteiger partial charge in [0.2, 0.25) is 0 Å². The van der Waals surface area contributed by atoms with Crippen LogP contribution in [0.2, 0.25) is 0 Å². The number of ether oxygens (including phenoxy) is 1. The molecule has 32 heavy (non-hydrogen) atoms. The molecule has 0 atom stereocenters. The molecule has 0 amide bonds. The van der Waals surface area contributed by atoms with E-state index in [1.807, 2.05) is 55.5 Å². The maximum absolute atomic E-state index is 10.8. The van der Waals surface area contributed by atoms with Crippen molar-refractivity contribution in [2.45, 2.75) is 6.92 Å². The van der Waals surface area contributed by atoms with E-state index in [0.717, 1.165) is 33.4 Å². The average Bonchev–Trinajstić information content (AvgIpc) is 2.81. The van der Waals surface area contributed by atoms with Gasteiger partial charge in [-0.3, -0.25) is 0 Å². The summed E-state index contributed by atoms with van der Waals surface area (Å²) < 4.78 is 5.28. The monoisotopic (exact) mass is 429 g/mol. The van der Waals surface area contributed by atoms with Crippen LogP contribution in [0.15, 0.2) is 66.7 Å². The van der Waals surface area contributed by atoms with E-state index in [1.165, 1.54) is 0 Å². The van der Waals surface area contributed by atoms with E-state index in [1.54, 1.807) is 18.2 Å². The fraction of sp³-hybridized carbons (Fsp3) is 0.0833. The second-order valence-corrected chi connectivity index (χ2v) is 6.82. The molecule has 0 unspecified atom stereocenters. The predicted octanol–water partition coefficient (Wildman–Crippen LogP) is 4.66. The first kappa shape index (κ1) is 22.2. The van der Waals surface area contributed by atoms with Gasteiger partial charge in [-0.15, -0.1) is 0 Å². The van der Waals surface area contributed by atoms with Gasteiger partial charge in [-0.25, -0.2) is 14.8 Å². The van der Waals surface area contributed by atoms with Gasteiger partial charge in [0.1, 0.15) is 11.6 Å². The van der Waals surface area contributed by atoms with E-state index in [4.69, 9.17) is 26.0 Å². The first-order chi connectivity index (χ1) is 15.5. The Morgan fingerprint density at radius 1 is 1.09 bits per heavy atom. The third-order valence-corrected chi connectivity index (χ3v) is 4.59. The summed E-state index contributed by atoms with van der Waals surface area (Å²) in [6.07, 6.45) is 0. The number of para-hydroxylation sites is 1. The number of benzene rings is 3. The summed E-state index contributed by atoms with van der Waals surface area (Å²) in [5, 5.41) is 18.6. The van der Waals surface area contributed by atoms with Crippen LogP contribution in [0, 0.1) is 12.3 Å². The van der Waals surface area contributed by atoms with Gasteiger partial charge in [0.25, 0.3) is 0 Å². The number of nitrogen functional groups attached to an aromatic ring is 1. The lowest BCUT2D eigenvalue weighted by atomic mass is 10.1. The highest BCUT2D eigenvalue weighted by Gasteiger charge is 2.11. The zero-order chi connectivity index (χ0) is 23.1. The standard InChI is InChI=1S/C23H20N4O3.CH3N/c1-14-11-16(9-10-19(14)24)25-23-18-7-2-3-8-20(18)26-22(27-23)15-5-4-6-17(12-15)30-13-21(28)29;1-2/h2-12H,13,24H2,1H3,(H,28,29)(H,25,26,27);2H,1H2. The third kappa shape index (κ3) is 5.17. The molecule has 162 valence electrons. The number of aryl methyl sites for hydroxylation is 1. The molecule has 4 rings (SSSR count). The van der Waals surface area contributed by atoms with Crippen LogP contribution >= 0.6 is 0 Å². The highest BCUT2D eigenvalue weighted by Crippen LogP contribution is 2.29. The van der Waals surface area contributed by atoms with Crippen molar-refractivity contribution in [1.29, 1.82) is 5.41 Å². The van der Waals surface area contributed by atoms with Gasteiger partial charge in [-0.1, -0.05) is 24.3 Å². The number of aliphatic carboxylic acids is 1. The van der Waals surface area contributed by atoms with Crippen molar-refractivity contribution in [3.63, 3.8) is 0 Å². The minimum Gasteiger partial charge on any atom is -0.482 e. The van der Waals surface area contributed by atoms with Gasteiger partial charge in [-0.2, -0.15) is 0 Å². The number of aromatic nitrogens is 2. The molecule has 0 aliphatic heterocycles. The minimum atomic E-state index is -1.03. The van der Waals surface area contributed by atoms with Crippen molar-refractivity contribution in [1.82, 2.24) is 9.97 Å². The molecule has 8 nitrogen and oxygen atoms in total. The topological polar surface area (TPSA) is 134 Å². The van der Waals surface area contributed by atoms with Gasteiger partial charge in [0.05, 0.1) is 5.52 Å². The lowest BCUT2D eigenvalue weighted by molar-refractivity contribution is -0.139. The molecule has 4 aromatic rings. The number of nitrogens with one attached hydrogen (secondary N) is 2. The van der Waals surface area contributed by atoms with E-state index in [2.05, 4.69) is 17.0 Å². The number of hydrogen-bond donors (Lipinski definition) is 4. The Hall–Kier alpha value is -4.46. The van der Waals surface area contributed by atoms with E-state index in [0.29, 0.717) is 17.4 Å². The van der Waals surface area contributed by atoms with Gasteiger partial charge < -0.3 is 26.3 Å². The number of carboxylic acids is 1. The molecule has 1 heterocycles. The van der Waals surface area contributed by atoms with E-state index < -0.39 is 12.6 Å². The van der Waals surface area contributed by atoms with Gasteiger partial charge in [0, 0.05) is 22.3 Å². The number of nitrogens with zero attached hydrogens (tertiary/aromatic N) is 2. The Bertz CT molecular complexity index is 1260. The van der Waals surface area contributed by atoms with Crippen molar-refractivity contribution >= 4 is 40.8 Å². The fourth-order valence-corrected chi connectivity index (χ4v) is 3.06. The highest BCUT2D eigenvalue weighted by atomic mass is 16.5. The van der Waals surface area contributed by atoms with Gasteiger partial charge in [-0.05, 0) is 61.7 Å². The molecule has 3 aromatic carbocycles. The van der Waals surface area contributed by atoms with Crippen molar-refractivity contribution in [3.05, 3.63) is 72.3 Å². The van der Waals surface area contributed by atoms with Crippen LogP contribution in [0.5, 0.6) is 5.75 Å². The molecule has 0 aliphatic carbocycles. The summed E-state index contributed by atoms with van der Waals surface area (Å²) in [5.74, 6) is 0.573. The summed E-state index contributed by atoms with van der Waals surface area (Å²) in [7, 11) is 0. The number of nitrogens with two attached hydrogens (primary N) is 1. The zero-order valence-electron chi connectivity index (χ0n) is 17.5. The second kappa shape index (κ2) is 10.0. The Labute approximate surface area is 185 Å². The maximum atomic E-state index is 10.8. The molecule has 0 spiro atoms. The average molecular weight is 429 g/mol. The number of hydrogen-bond acceptors (Lipinski definition) is 7. The largest absolute Gasteiger partial charge is 0.482 e. The van der Waals surface area contributed by atoms with Crippen LogP contribution < -0.4 is 15.8 Å². The Morgan fingerprint density at radius 3 is 2.62 bits per heavy atom. The SMILES string of the molecule is C=N.Cc1cc(Nc2nc(-c3cccc(OCC(=O)O)c3)nc3ccccc23)ccc1N. The first-order valence-electron chi connectivity index (χ1n) is 9.70. The first-order valence-corrected chi connectivity index (χ1v) is 9.70.